The molecule has 5 nitrogen and oxygen atoms in total. The topological polar surface area (TPSA) is 79.9 Å². The first-order valence-corrected chi connectivity index (χ1v) is 6.52. The number of amides is 1. The van der Waals surface area contributed by atoms with Crippen LogP contribution in [0.1, 0.15) is 24.8 Å². The third-order valence-corrected chi connectivity index (χ3v) is 2.87. The fourth-order valence-corrected chi connectivity index (χ4v) is 1.76. The van der Waals surface area contributed by atoms with E-state index in [-0.39, 0.29) is 5.91 Å². The van der Waals surface area contributed by atoms with Gasteiger partial charge in [0.2, 0.25) is 5.91 Å². The zero-order valence-electron chi connectivity index (χ0n) is 11.6. The van der Waals surface area contributed by atoms with Crippen LogP contribution in [0.15, 0.2) is 24.3 Å². The highest BCUT2D eigenvalue weighted by Gasteiger charge is 2.06. The fourth-order valence-electron chi connectivity index (χ4n) is 1.76. The SMILES string of the molecule is CN(CCC#N)CCCC(=O)Nc1ccccc1C#N. The molecule has 0 unspecified atom stereocenters. The van der Waals surface area contributed by atoms with Crippen molar-refractivity contribution in [1.82, 2.24) is 4.90 Å². The lowest BCUT2D eigenvalue weighted by Gasteiger charge is -2.14. The lowest BCUT2D eigenvalue weighted by molar-refractivity contribution is -0.116. The molecule has 1 N–H and O–H groups in total. The van der Waals surface area contributed by atoms with Crippen LogP contribution in [-0.4, -0.2) is 30.9 Å². The van der Waals surface area contributed by atoms with E-state index in [2.05, 4.69) is 11.4 Å². The molecule has 1 rings (SSSR count). The Balaban J connectivity index is 2.34. The van der Waals surface area contributed by atoms with Crippen molar-refractivity contribution < 1.29 is 4.79 Å². The molecule has 104 valence electrons. The largest absolute Gasteiger partial charge is 0.325 e. The van der Waals surface area contributed by atoms with Gasteiger partial charge in [-0.05, 0) is 32.1 Å². The minimum absolute atomic E-state index is 0.0959. The van der Waals surface area contributed by atoms with Gasteiger partial charge in [-0.3, -0.25) is 4.79 Å². The van der Waals surface area contributed by atoms with Crippen molar-refractivity contribution in [1.29, 1.82) is 10.5 Å². The molecule has 20 heavy (non-hydrogen) atoms. The summed E-state index contributed by atoms with van der Waals surface area (Å²) in [7, 11) is 1.93. The van der Waals surface area contributed by atoms with E-state index in [1.54, 1.807) is 24.3 Å². The second-order valence-electron chi connectivity index (χ2n) is 4.52. The zero-order chi connectivity index (χ0) is 14.8. The molecule has 5 heteroatoms. The highest BCUT2D eigenvalue weighted by atomic mass is 16.1. The van der Waals surface area contributed by atoms with Crippen LogP contribution in [0.3, 0.4) is 0 Å². The molecular weight excluding hydrogens is 252 g/mol. The minimum Gasteiger partial charge on any atom is -0.325 e. The molecule has 0 bridgehead atoms. The van der Waals surface area contributed by atoms with Crippen molar-refractivity contribution in [3.8, 4) is 12.1 Å². The molecule has 0 spiro atoms. The Labute approximate surface area is 119 Å². The number of hydrogen-bond acceptors (Lipinski definition) is 4. The van der Waals surface area contributed by atoms with E-state index in [4.69, 9.17) is 10.5 Å². The smallest absolute Gasteiger partial charge is 0.224 e. The predicted molar refractivity (Wildman–Crippen MR) is 76.7 cm³/mol. The highest BCUT2D eigenvalue weighted by Crippen LogP contribution is 2.13. The van der Waals surface area contributed by atoms with Crippen LogP contribution in [-0.2, 0) is 4.79 Å². The van der Waals surface area contributed by atoms with Crippen LogP contribution in [0, 0.1) is 22.7 Å². The van der Waals surface area contributed by atoms with Crippen LogP contribution in [0.25, 0.3) is 0 Å². The fraction of sp³-hybridized carbons (Fsp3) is 0.400. The highest BCUT2D eigenvalue weighted by molar-refractivity contribution is 5.92. The number of anilines is 1. The van der Waals surface area contributed by atoms with E-state index in [1.807, 2.05) is 18.0 Å². The summed E-state index contributed by atoms with van der Waals surface area (Å²) in [6.07, 6.45) is 1.62. The first kappa shape index (κ1) is 15.7. The second-order valence-corrected chi connectivity index (χ2v) is 4.52. The van der Waals surface area contributed by atoms with Crippen molar-refractivity contribution in [2.24, 2.45) is 0 Å². The molecule has 1 aromatic carbocycles. The van der Waals surface area contributed by atoms with Gasteiger partial charge < -0.3 is 10.2 Å². The van der Waals surface area contributed by atoms with Gasteiger partial charge in [0.05, 0.1) is 17.3 Å². The number of carbonyl (C=O) groups is 1. The summed E-state index contributed by atoms with van der Waals surface area (Å²) in [5.41, 5.74) is 1.02. The monoisotopic (exact) mass is 270 g/mol. The lowest BCUT2D eigenvalue weighted by Crippen LogP contribution is -2.22. The van der Waals surface area contributed by atoms with E-state index < -0.39 is 0 Å². The van der Waals surface area contributed by atoms with Crippen molar-refractivity contribution >= 4 is 11.6 Å². The van der Waals surface area contributed by atoms with E-state index in [1.165, 1.54) is 0 Å². The van der Waals surface area contributed by atoms with Crippen LogP contribution in [0.4, 0.5) is 5.69 Å². The lowest BCUT2D eigenvalue weighted by atomic mass is 10.2. The van der Waals surface area contributed by atoms with Gasteiger partial charge in [-0.15, -0.1) is 0 Å². The number of carbonyl (C=O) groups excluding carboxylic acids is 1. The third kappa shape index (κ3) is 5.51. The summed E-state index contributed by atoms with van der Waals surface area (Å²) in [5, 5.41) is 20.1. The molecule has 0 fully saturated rings. The number of hydrogen-bond donors (Lipinski definition) is 1. The Morgan fingerprint density at radius 1 is 1.30 bits per heavy atom. The van der Waals surface area contributed by atoms with Gasteiger partial charge in [0.15, 0.2) is 0 Å². The molecule has 1 amide bonds. The average molecular weight is 270 g/mol. The average Bonchev–Trinajstić information content (AvgIpc) is 2.45. The molecule has 0 atom stereocenters. The Morgan fingerprint density at radius 3 is 2.75 bits per heavy atom. The standard InChI is InChI=1S/C15H18N4O/c1-19(11-5-9-16)10-4-8-15(20)18-14-7-3-2-6-13(14)12-17/h2-3,6-7H,4-5,8,10-11H2,1H3,(H,18,20). The second kappa shape index (κ2) is 8.68. The molecule has 1 aromatic rings. The van der Waals surface area contributed by atoms with Crippen molar-refractivity contribution in [2.45, 2.75) is 19.3 Å². The minimum atomic E-state index is -0.0959. The van der Waals surface area contributed by atoms with E-state index in [9.17, 15) is 4.79 Å². The zero-order valence-corrected chi connectivity index (χ0v) is 11.6. The predicted octanol–water partition coefficient (Wildman–Crippen LogP) is 2.12. The maximum absolute atomic E-state index is 11.8. The summed E-state index contributed by atoms with van der Waals surface area (Å²) < 4.78 is 0. The first-order valence-electron chi connectivity index (χ1n) is 6.52. The molecule has 0 saturated carbocycles. The summed E-state index contributed by atoms with van der Waals surface area (Å²) in [6, 6.07) is 11.1. The Morgan fingerprint density at radius 2 is 2.05 bits per heavy atom. The van der Waals surface area contributed by atoms with Gasteiger partial charge in [-0.1, -0.05) is 12.1 Å². The summed E-state index contributed by atoms with van der Waals surface area (Å²) in [5.74, 6) is -0.0959. The molecule has 0 radical (unpaired) electrons. The normalized spacial score (nSPS) is 9.80. The number of rotatable bonds is 7. The van der Waals surface area contributed by atoms with Crippen LogP contribution in [0.5, 0.6) is 0 Å². The first-order chi connectivity index (χ1) is 9.67. The van der Waals surface area contributed by atoms with Gasteiger partial charge >= 0.3 is 0 Å². The third-order valence-electron chi connectivity index (χ3n) is 2.87. The Hall–Kier alpha value is -2.37. The van der Waals surface area contributed by atoms with Crippen molar-refractivity contribution in [2.75, 3.05) is 25.5 Å². The quantitative estimate of drug-likeness (QED) is 0.823. The maximum atomic E-state index is 11.8. The summed E-state index contributed by atoms with van der Waals surface area (Å²) in [4.78, 5) is 13.8. The maximum Gasteiger partial charge on any atom is 0.224 e. The van der Waals surface area contributed by atoms with Gasteiger partial charge in [0.1, 0.15) is 6.07 Å². The van der Waals surface area contributed by atoms with Crippen molar-refractivity contribution in [3.05, 3.63) is 29.8 Å². The number of nitrogens with zero attached hydrogens (tertiary/aromatic N) is 3. The van der Waals surface area contributed by atoms with E-state index in [0.29, 0.717) is 24.1 Å². The summed E-state index contributed by atoms with van der Waals surface area (Å²) in [6.45, 7) is 1.49. The molecule has 0 saturated heterocycles. The number of benzene rings is 1. The number of nitrogens with one attached hydrogen (secondary N) is 1. The Kier molecular flexibility index (Phi) is 6.81. The Bertz CT molecular complexity index is 527. The van der Waals surface area contributed by atoms with E-state index >= 15 is 0 Å². The molecule has 0 aromatic heterocycles. The molecule has 0 heterocycles. The number of nitriles is 2. The van der Waals surface area contributed by atoms with Crippen LogP contribution in [0.2, 0.25) is 0 Å². The van der Waals surface area contributed by atoms with Crippen LogP contribution >= 0.6 is 0 Å². The molecule has 0 aliphatic heterocycles. The van der Waals surface area contributed by atoms with Crippen molar-refractivity contribution in [3.63, 3.8) is 0 Å². The van der Waals surface area contributed by atoms with Crippen LogP contribution < -0.4 is 5.32 Å². The van der Waals surface area contributed by atoms with Gasteiger partial charge in [0.25, 0.3) is 0 Å². The molecular formula is C15H18N4O. The van der Waals surface area contributed by atoms with E-state index in [0.717, 1.165) is 19.5 Å². The summed E-state index contributed by atoms with van der Waals surface area (Å²) >= 11 is 0. The molecule has 0 aliphatic rings. The van der Waals surface area contributed by atoms with Gasteiger partial charge in [-0.2, -0.15) is 10.5 Å². The van der Waals surface area contributed by atoms with Gasteiger partial charge in [0, 0.05) is 19.4 Å². The van der Waals surface area contributed by atoms with Gasteiger partial charge in [-0.25, -0.2) is 0 Å². The molecule has 0 aliphatic carbocycles. The number of para-hydroxylation sites is 1.